The quantitative estimate of drug-likeness (QED) is 0.135. The van der Waals surface area contributed by atoms with E-state index in [9.17, 15) is 34.1 Å². The summed E-state index contributed by atoms with van der Waals surface area (Å²) in [4.78, 5) is 74.0. The Labute approximate surface area is 215 Å². The van der Waals surface area contributed by atoms with E-state index in [0.29, 0.717) is 6.42 Å². The van der Waals surface area contributed by atoms with Crippen LogP contribution in [0, 0.1) is 10.1 Å². The minimum absolute atomic E-state index is 0.00187. The van der Waals surface area contributed by atoms with Crippen LogP contribution >= 0.6 is 0 Å². The van der Waals surface area contributed by atoms with Crippen molar-refractivity contribution >= 4 is 40.9 Å². The monoisotopic (exact) mass is 516 g/mol. The topological polar surface area (TPSA) is 150 Å². The first-order valence-corrected chi connectivity index (χ1v) is 11.5. The number of ether oxygens (including phenoxy) is 2. The van der Waals surface area contributed by atoms with Crippen LogP contribution in [0.3, 0.4) is 0 Å². The molecule has 0 bridgehead atoms. The molecule has 0 aliphatic carbocycles. The molecule has 11 heteroatoms. The van der Waals surface area contributed by atoms with E-state index in [1.165, 1.54) is 60.7 Å². The number of ketones is 1. The molecule has 0 aromatic heterocycles. The second kappa shape index (κ2) is 10.8. The minimum Gasteiger partial charge on any atom is -0.462 e. The number of carbonyl (C=O) groups excluding carboxylic acids is 5. The van der Waals surface area contributed by atoms with Crippen LogP contribution in [-0.4, -0.2) is 47.7 Å². The van der Waals surface area contributed by atoms with E-state index in [1.54, 1.807) is 0 Å². The van der Waals surface area contributed by atoms with Gasteiger partial charge in [-0.25, -0.2) is 14.5 Å². The van der Waals surface area contributed by atoms with E-state index < -0.39 is 41.1 Å². The first-order chi connectivity index (χ1) is 18.2. The Morgan fingerprint density at radius 2 is 1.47 bits per heavy atom. The molecular formula is C27H20N2O9. The lowest BCUT2D eigenvalue weighted by molar-refractivity contribution is -0.384. The summed E-state index contributed by atoms with van der Waals surface area (Å²) in [6, 6.07) is 14.6. The molecule has 1 aliphatic heterocycles. The number of anilines is 1. The molecule has 0 N–H and O–H groups in total. The molecule has 4 rings (SSSR count). The van der Waals surface area contributed by atoms with Gasteiger partial charge in [-0.15, -0.1) is 0 Å². The number of nitro benzene ring substituents is 1. The van der Waals surface area contributed by atoms with Crippen LogP contribution in [0.25, 0.3) is 0 Å². The summed E-state index contributed by atoms with van der Waals surface area (Å²) in [5.74, 6) is -3.36. The van der Waals surface area contributed by atoms with Crippen LogP contribution in [0.15, 0.2) is 66.7 Å². The Morgan fingerprint density at radius 3 is 2.16 bits per heavy atom. The Morgan fingerprint density at radius 1 is 0.816 bits per heavy atom. The number of rotatable bonds is 9. The summed E-state index contributed by atoms with van der Waals surface area (Å²) in [5, 5.41) is 10.9. The number of nitro groups is 1. The molecule has 11 nitrogen and oxygen atoms in total. The number of esters is 2. The van der Waals surface area contributed by atoms with Crippen molar-refractivity contribution in [2.24, 2.45) is 0 Å². The predicted octanol–water partition coefficient (Wildman–Crippen LogP) is 4.00. The SMILES string of the molecule is CCCOC(=O)c1ccc(N2C(=O)c3ccc(C(=O)OCC(=O)c4cccc([N+](=O)[O-])c4)cc3C2=O)cc1. The number of amides is 2. The molecule has 38 heavy (non-hydrogen) atoms. The zero-order chi connectivity index (χ0) is 27.4. The minimum atomic E-state index is -0.916. The van der Waals surface area contributed by atoms with Gasteiger partial charge in [0.1, 0.15) is 0 Å². The number of imide groups is 1. The number of Topliss-reactive ketones (excluding diaryl/α,β-unsaturated/α-hetero) is 1. The number of non-ortho nitro benzene ring substituents is 1. The number of carbonyl (C=O) groups is 5. The van der Waals surface area contributed by atoms with E-state index in [-0.39, 0.29) is 45.8 Å². The molecule has 0 unspecified atom stereocenters. The van der Waals surface area contributed by atoms with E-state index in [2.05, 4.69) is 0 Å². The summed E-state index contributed by atoms with van der Waals surface area (Å²) < 4.78 is 10.1. The van der Waals surface area contributed by atoms with Crippen molar-refractivity contribution in [1.29, 1.82) is 0 Å². The molecule has 192 valence electrons. The van der Waals surface area contributed by atoms with Gasteiger partial charge in [0, 0.05) is 17.7 Å². The predicted molar refractivity (Wildman–Crippen MR) is 132 cm³/mol. The molecule has 3 aromatic rings. The average molecular weight is 516 g/mol. The third kappa shape index (κ3) is 5.16. The van der Waals surface area contributed by atoms with Crippen LogP contribution in [0.4, 0.5) is 11.4 Å². The Hall–Kier alpha value is -5.19. The molecule has 1 heterocycles. The van der Waals surface area contributed by atoms with Crippen molar-refractivity contribution in [1.82, 2.24) is 0 Å². The van der Waals surface area contributed by atoms with Crippen molar-refractivity contribution in [3.8, 4) is 0 Å². The van der Waals surface area contributed by atoms with Gasteiger partial charge in [0.15, 0.2) is 6.61 Å². The fraction of sp³-hybridized carbons (Fsp3) is 0.148. The lowest BCUT2D eigenvalue weighted by Crippen LogP contribution is -2.29. The standard InChI is InChI=1S/C27H20N2O9/c1-2-12-37-26(33)16-6-9-19(10-7-16)28-24(31)21-11-8-18(14-22(21)25(28)32)27(34)38-15-23(30)17-4-3-5-20(13-17)29(35)36/h3-11,13-14H,2,12,15H2,1H3. The normalized spacial score (nSPS) is 12.2. The summed E-state index contributed by atoms with van der Waals surface area (Å²) in [6.45, 7) is 1.46. The van der Waals surface area contributed by atoms with Crippen molar-refractivity contribution in [3.05, 3.63) is 105 Å². The smallest absolute Gasteiger partial charge is 0.338 e. The fourth-order valence-corrected chi connectivity index (χ4v) is 3.72. The molecule has 0 fully saturated rings. The first kappa shape index (κ1) is 25.9. The maximum absolute atomic E-state index is 13.0. The van der Waals surface area contributed by atoms with Gasteiger partial charge in [-0.1, -0.05) is 19.1 Å². The van der Waals surface area contributed by atoms with Crippen molar-refractivity contribution in [2.75, 3.05) is 18.1 Å². The number of fused-ring (bicyclic) bond motifs is 1. The summed E-state index contributed by atoms with van der Waals surface area (Å²) in [5.41, 5.74) is 0.208. The van der Waals surface area contributed by atoms with E-state index in [4.69, 9.17) is 9.47 Å². The van der Waals surface area contributed by atoms with Gasteiger partial charge in [-0.2, -0.15) is 0 Å². The number of hydrogen-bond acceptors (Lipinski definition) is 9. The second-order valence-electron chi connectivity index (χ2n) is 8.20. The molecular weight excluding hydrogens is 496 g/mol. The van der Waals surface area contributed by atoms with Gasteiger partial charge in [-0.3, -0.25) is 24.5 Å². The Balaban J connectivity index is 1.46. The van der Waals surface area contributed by atoms with Crippen molar-refractivity contribution in [3.63, 3.8) is 0 Å². The van der Waals surface area contributed by atoms with Gasteiger partial charge in [-0.05, 0) is 48.9 Å². The van der Waals surface area contributed by atoms with E-state index in [0.717, 1.165) is 11.0 Å². The molecule has 2 amide bonds. The van der Waals surface area contributed by atoms with Gasteiger partial charge in [0.2, 0.25) is 5.78 Å². The zero-order valence-corrected chi connectivity index (χ0v) is 20.0. The van der Waals surface area contributed by atoms with Gasteiger partial charge in [0.05, 0.1) is 39.5 Å². The summed E-state index contributed by atoms with van der Waals surface area (Å²) in [7, 11) is 0. The van der Waals surface area contributed by atoms with Crippen LogP contribution < -0.4 is 4.90 Å². The molecule has 0 saturated heterocycles. The number of hydrogen-bond donors (Lipinski definition) is 0. The van der Waals surface area contributed by atoms with Gasteiger partial charge in [0.25, 0.3) is 17.5 Å². The highest BCUT2D eigenvalue weighted by Crippen LogP contribution is 2.29. The Bertz CT molecular complexity index is 1480. The molecule has 3 aromatic carbocycles. The largest absolute Gasteiger partial charge is 0.462 e. The zero-order valence-electron chi connectivity index (χ0n) is 20.0. The highest BCUT2D eigenvalue weighted by molar-refractivity contribution is 6.34. The fourth-order valence-electron chi connectivity index (χ4n) is 3.72. The number of benzene rings is 3. The van der Waals surface area contributed by atoms with Gasteiger partial charge >= 0.3 is 11.9 Å². The molecule has 1 aliphatic rings. The first-order valence-electron chi connectivity index (χ1n) is 11.5. The van der Waals surface area contributed by atoms with Crippen LogP contribution in [0.5, 0.6) is 0 Å². The summed E-state index contributed by atoms with van der Waals surface area (Å²) in [6.07, 6.45) is 0.669. The van der Waals surface area contributed by atoms with Crippen LogP contribution in [0.1, 0.15) is 65.1 Å². The van der Waals surface area contributed by atoms with Gasteiger partial charge < -0.3 is 9.47 Å². The lowest BCUT2D eigenvalue weighted by Gasteiger charge is -2.14. The molecule has 0 atom stereocenters. The lowest BCUT2D eigenvalue weighted by atomic mass is 10.1. The average Bonchev–Trinajstić information content (AvgIpc) is 3.19. The number of nitrogens with zero attached hydrogens (tertiary/aromatic N) is 2. The highest BCUT2D eigenvalue weighted by Gasteiger charge is 2.37. The van der Waals surface area contributed by atoms with Crippen molar-refractivity contribution < 1.29 is 38.4 Å². The molecule has 0 spiro atoms. The summed E-state index contributed by atoms with van der Waals surface area (Å²) >= 11 is 0. The molecule has 0 radical (unpaired) electrons. The maximum atomic E-state index is 13.0. The Kier molecular flexibility index (Phi) is 7.38. The van der Waals surface area contributed by atoms with Crippen molar-refractivity contribution in [2.45, 2.75) is 13.3 Å². The highest BCUT2D eigenvalue weighted by atomic mass is 16.6. The van der Waals surface area contributed by atoms with Crippen LogP contribution in [0.2, 0.25) is 0 Å². The second-order valence-corrected chi connectivity index (χ2v) is 8.20. The third-order valence-electron chi connectivity index (χ3n) is 5.63. The van der Waals surface area contributed by atoms with Crippen LogP contribution in [-0.2, 0) is 9.47 Å². The van der Waals surface area contributed by atoms with E-state index in [1.807, 2.05) is 6.92 Å². The van der Waals surface area contributed by atoms with E-state index >= 15 is 0 Å². The third-order valence-corrected chi connectivity index (χ3v) is 5.63. The maximum Gasteiger partial charge on any atom is 0.338 e. The molecule has 0 saturated carbocycles.